The van der Waals surface area contributed by atoms with Gasteiger partial charge in [-0.2, -0.15) is 0 Å². The van der Waals surface area contributed by atoms with Gasteiger partial charge in [-0.25, -0.2) is 0 Å². The largest absolute Gasteiger partial charge is 0.314 e. The molecule has 3 rings (SSSR count). The molecule has 2 aliphatic rings. The van der Waals surface area contributed by atoms with Crippen molar-refractivity contribution < 1.29 is 4.79 Å². The number of nitrogens with one attached hydrogen (secondary N) is 1. The van der Waals surface area contributed by atoms with Crippen LogP contribution in [-0.4, -0.2) is 42.9 Å². The predicted octanol–water partition coefficient (Wildman–Crippen LogP) is 2.43. The van der Waals surface area contributed by atoms with Crippen molar-refractivity contribution in [1.29, 1.82) is 0 Å². The van der Waals surface area contributed by atoms with E-state index in [0.29, 0.717) is 18.2 Å². The van der Waals surface area contributed by atoms with Crippen molar-refractivity contribution in [3.05, 3.63) is 34.9 Å². The molecule has 1 heterocycles. The van der Waals surface area contributed by atoms with E-state index in [2.05, 4.69) is 29.3 Å². The molecular weight excluding hydrogens is 260 g/mol. The number of carbonyl (C=O) groups excluding carboxylic acids is 1. The van der Waals surface area contributed by atoms with Crippen LogP contribution in [0.4, 0.5) is 0 Å². The lowest BCUT2D eigenvalue weighted by Crippen LogP contribution is -2.48. The topological polar surface area (TPSA) is 32.3 Å². The number of aryl methyl sites for hydroxylation is 2. The maximum atomic E-state index is 12.5. The molecule has 1 atom stereocenters. The van der Waals surface area contributed by atoms with Crippen LogP contribution in [0.15, 0.2) is 18.2 Å². The van der Waals surface area contributed by atoms with Crippen LogP contribution in [0.3, 0.4) is 0 Å². The zero-order valence-corrected chi connectivity index (χ0v) is 13.0. The summed E-state index contributed by atoms with van der Waals surface area (Å²) in [6.45, 7) is 6.37. The quantitative estimate of drug-likeness (QED) is 0.863. The first kappa shape index (κ1) is 14.7. The van der Waals surface area contributed by atoms with E-state index in [1.165, 1.54) is 30.4 Å². The monoisotopic (exact) mass is 286 g/mol. The minimum absolute atomic E-state index is 0.300. The molecule has 1 aromatic carbocycles. The Morgan fingerprint density at radius 3 is 2.67 bits per heavy atom. The van der Waals surface area contributed by atoms with Crippen LogP contribution >= 0.6 is 0 Å². The van der Waals surface area contributed by atoms with Gasteiger partial charge in [0.2, 0.25) is 0 Å². The first-order valence-corrected chi connectivity index (χ1v) is 8.34. The van der Waals surface area contributed by atoms with E-state index in [1.54, 1.807) is 0 Å². The fourth-order valence-corrected chi connectivity index (χ4v) is 3.55. The minimum atomic E-state index is 0.300. The maximum absolute atomic E-state index is 12.5. The molecule has 0 bridgehead atoms. The summed E-state index contributed by atoms with van der Waals surface area (Å²) < 4.78 is 0. The molecule has 0 spiro atoms. The van der Waals surface area contributed by atoms with Gasteiger partial charge in [0.05, 0.1) is 0 Å². The summed E-state index contributed by atoms with van der Waals surface area (Å²) in [5.74, 6) is 0.300. The van der Waals surface area contributed by atoms with E-state index in [-0.39, 0.29) is 0 Å². The zero-order chi connectivity index (χ0) is 14.7. The Bertz CT molecular complexity index is 506. The molecule has 0 radical (unpaired) electrons. The van der Waals surface area contributed by atoms with Crippen molar-refractivity contribution in [1.82, 2.24) is 10.2 Å². The third kappa shape index (κ3) is 3.53. The van der Waals surface area contributed by atoms with E-state index < -0.39 is 0 Å². The van der Waals surface area contributed by atoms with Gasteiger partial charge in [-0.05, 0) is 49.8 Å². The van der Waals surface area contributed by atoms with E-state index >= 15 is 0 Å². The molecule has 1 aliphatic carbocycles. The minimum Gasteiger partial charge on any atom is -0.314 e. The third-order valence-electron chi connectivity index (χ3n) is 4.93. The highest BCUT2D eigenvalue weighted by molar-refractivity contribution is 5.96. The highest BCUT2D eigenvalue weighted by Gasteiger charge is 2.20. The highest BCUT2D eigenvalue weighted by atomic mass is 16.1. The van der Waals surface area contributed by atoms with Crippen molar-refractivity contribution in [3.63, 3.8) is 0 Å². The van der Waals surface area contributed by atoms with Crippen LogP contribution in [-0.2, 0) is 12.8 Å². The molecule has 1 saturated heterocycles. The van der Waals surface area contributed by atoms with Gasteiger partial charge in [0.1, 0.15) is 0 Å². The van der Waals surface area contributed by atoms with Gasteiger partial charge < -0.3 is 5.32 Å². The van der Waals surface area contributed by atoms with Gasteiger partial charge in [0.25, 0.3) is 0 Å². The molecule has 0 amide bonds. The summed E-state index contributed by atoms with van der Waals surface area (Å²) in [5, 5.41) is 3.36. The number of ketones is 1. The Morgan fingerprint density at radius 1 is 1.19 bits per heavy atom. The van der Waals surface area contributed by atoms with Gasteiger partial charge in [-0.3, -0.25) is 9.69 Å². The van der Waals surface area contributed by atoms with Gasteiger partial charge in [-0.15, -0.1) is 0 Å². The van der Waals surface area contributed by atoms with Crippen molar-refractivity contribution in [2.75, 3.05) is 26.2 Å². The Labute approximate surface area is 127 Å². The van der Waals surface area contributed by atoms with E-state index in [0.717, 1.165) is 38.2 Å². The van der Waals surface area contributed by atoms with Crippen LogP contribution in [0.2, 0.25) is 0 Å². The summed E-state index contributed by atoms with van der Waals surface area (Å²) in [7, 11) is 0. The Hall–Kier alpha value is -1.19. The van der Waals surface area contributed by atoms with Gasteiger partial charge in [0.15, 0.2) is 5.78 Å². The molecule has 1 N–H and O–H groups in total. The number of Topliss-reactive ketones (excluding diaryl/α,β-unsaturated/α-hetero) is 1. The zero-order valence-electron chi connectivity index (χ0n) is 13.0. The first-order valence-electron chi connectivity index (χ1n) is 8.34. The molecule has 1 fully saturated rings. The molecule has 3 nitrogen and oxygen atoms in total. The number of nitrogens with zero attached hydrogens (tertiary/aromatic N) is 1. The van der Waals surface area contributed by atoms with Crippen LogP contribution < -0.4 is 5.32 Å². The summed E-state index contributed by atoms with van der Waals surface area (Å²) in [4.78, 5) is 15.0. The fraction of sp³-hybridized carbons (Fsp3) is 0.611. The third-order valence-corrected chi connectivity index (χ3v) is 4.93. The molecule has 0 saturated carbocycles. The van der Waals surface area contributed by atoms with E-state index in [9.17, 15) is 4.79 Å². The molecule has 1 aliphatic heterocycles. The number of benzene rings is 1. The van der Waals surface area contributed by atoms with Crippen molar-refractivity contribution in [2.24, 2.45) is 0 Å². The summed E-state index contributed by atoms with van der Waals surface area (Å²) in [5.41, 5.74) is 3.77. The lowest BCUT2D eigenvalue weighted by atomic mass is 9.89. The molecule has 3 heteroatoms. The number of fused-ring (bicyclic) bond motifs is 1. The van der Waals surface area contributed by atoms with Crippen molar-refractivity contribution in [2.45, 2.75) is 45.1 Å². The second-order valence-electron chi connectivity index (χ2n) is 6.45. The predicted molar refractivity (Wildman–Crippen MR) is 85.9 cm³/mol. The van der Waals surface area contributed by atoms with Gasteiger partial charge >= 0.3 is 0 Å². The van der Waals surface area contributed by atoms with Crippen molar-refractivity contribution >= 4 is 5.78 Å². The molecule has 1 aromatic rings. The van der Waals surface area contributed by atoms with Crippen LogP contribution in [0, 0.1) is 0 Å². The smallest absolute Gasteiger partial charge is 0.164 e. The second-order valence-corrected chi connectivity index (χ2v) is 6.45. The fourth-order valence-electron chi connectivity index (χ4n) is 3.55. The van der Waals surface area contributed by atoms with Gasteiger partial charge in [0, 0.05) is 44.2 Å². The lowest BCUT2D eigenvalue weighted by Gasteiger charge is -2.32. The van der Waals surface area contributed by atoms with Crippen LogP contribution in [0.25, 0.3) is 0 Å². The number of rotatable bonds is 4. The average molecular weight is 286 g/mol. The molecule has 1 unspecified atom stereocenters. The second kappa shape index (κ2) is 6.71. The highest BCUT2D eigenvalue weighted by Crippen LogP contribution is 2.23. The van der Waals surface area contributed by atoms with Gasteiger partial charge in [-0.1, -0.05) is 12.1 Å². The average Bonchev–Trinajstić information content (AvgIpc) is 2.55. The summed E-state index contributed by atoms with van der Waals surface area (Å²) in [6, 6.07) is 6.71. The Balaban J connectivity index is 1.64. The Kier molecular flexibility index (Phi) is 4.71. The molecule has 21 heavy (non-hydrogen) atoms. The van der Waals surface area contributed by atoms with Crippen LogP contribution in [0.5, 0.6) is 0 Å². The summed E-state index contributed by atoms with van der Waals surface area (Å²) in [6.07, 6.45) is 5.52. The normalized spacial score (nSPS) is 20.8. The molecule has 0 aromatic heterocycles. The van der Waals surface area contributed by atoms with E-state index in [4.69, 9.17) is 0 Å². The standard InChI is InChI=1S/C18H26N2O/c1-14(20-10-8-19-9-11-20)12-18(21)17-7-6-15-4-2-3-5-16(15)13-17/h6-7,13-14,19H,2-5,8-12H2,1H3. The molecular formula is C18H26N2O. The summed E-state index contributed by atoms with van der Waals surface area (Å²) >= 11 is 0. The molecule has 114 valence electrons. The number of carbonyl (C=O) groups is 1. The Morgan fingerprint density at radius 2 is 1.90 bits per heavy atom. The number of hydrogen-bond acceptors (Lipinski definition) is 3. The van der Waals surface area contributed by atoms with E-state index in [1.807, 2.05) is 6.07 Å². The lowest BCUT2D eigenvalue weighted by molar-refractivity contribution is 0.0917. The first-order chi connectivity index (χ1) is 10.2. The van der Waals surface area contributed by atoms with Crippen LogP contribution in [0.1, 0.15) is 47.7 Å². The van der Waals surface area contributed by atoms with Crippen molar-refractivity contribution in [3.8, 4) is 0 Å². The SMILES string of the molecule is CC(CC(=O)c1ccc2c(c1)CCCC2)N1CCNCC1. The maximum Gasteiger partial charge on any atom is 0.164 e. The number of piperazine rings is 1. The number of hydrogen-bond donors (Lipinski definition) is 1.